The highest BCUT2D eigenvalue weighted by Crippen LogP contribution is 2.26. The number of nitrogen functional groups attached to an aromatic ring is 1. The van der Waals surface area contributed by atoms with E-state index < -0.39 is 0 Å². The molecule has 1 heterocycles. The maximum absolute atomic E-state index is 6.09. The smallest absolute Gasteiger partial charge is 0.0662 e. The first kappa shape index (κ1) is 9.77. The van der Waals surface area contributed by atoms with Crippen molar-refractivity contribution in [1.29, 1.82) is 0 Å². The average molecular weight is 213 g/mol. The quantitative estimate of drug-likeness (QED) is 0.695. The molecule has 4 heteroatoms. The number of rotatable bonds is 1. The second kappa shape index (κ2) is 4.17. The van der Waals surface area contributed by atoms with E-state index in [-0.39, 0.29) is 6.04 Å². The molecule has 76 valence electrons. The zero-order valence-corrected chi connectivity index (χ0v) is 8.55. The first-order chi connectivity index (χ1) is 6.77. The van der Waals surface area contributed by atoms with Gasteiger partial charge in [0.1, 0.15) is 0 Å². The third-order valence-electron chi connectivity index (χ3n) is 2.32. The van der Waals surface area contributed by atoms with E-state index in [4.69, 9.17) is 22.1 Å². The Bertz CT molecular complexity index is 324. The molecule has 14 heavy (non-hydrogen) atoms. The van der Waals surface area contributed by atoms with Gasteiger partial charge in [-0.1, -0.05) is 17.7 Å². The van der Waals surface area contributed by atoms with Crippen molar-refractivity contribution in [3.05, 3.63) is 28.8 Å². The van der Waals surface area contributed by atoms with E-state index in [0.29, 0.717) is 17.3 Å². The third kappa shape index (κ3) is 2.00. The molecular formula is C10H13ClN2O. The summed E-state index contributed by atoms with van der Waals surface area (Å²) in [6, 6.07) is 5.77. The minimum atomic E-state index is 0.192. The Balaban J connectivity index is 2.22. The zero-order valence-electron chi connectivity index (χ0n) is 7.79. The van der Waals surface area contributed by atoms with Crippen LogP contribution in [0.15, 0.2) is 18.2 Å². The number of ether oxygens (including phenoxy) is 1. The first-order valence-corrected chi connectivity index (χ1v) is 5.01. The number of halogens is 1. The van der Waals surface area contributed by atoms with Crippen molar-refractivity contribution in [3.63, 3.8) is 0 Å². The van der Waals surface area contributed by atoms with Crippen molar-refractivity contribution in [1.82, 2.24) is 5.32 Å². The molecule has 1 aliphatic heterocycles. The van der Waals surface area contributed by atoms with E-state index >= 15 is 0 Å². The van der Waals surface area contributed by atoms with Crippen LogP contribution in [0.2, 0.25) is 5.02 Å². The molecule has 1 saturated heterocycles. The Morgan fingerprint density at radius 2 is 2.36 bits per heavy atom. The fourth-order valence-corrected chi connectivity index (χ4v) is 1.91. The van der Waals surface area contributed by atoms with Crippen LogP contribution in [-0.4, -0.2) is 19.8 Å². The molecule has 2 rings (SSSR count). The van der Waals surface area contributed by atoms with Crippen LogP contribution >= 0.6 is 11.6 Å². The van der Waals surface area contributed by atoms with Crippen molar-refractivity contribution in [2.75, 3.05) is 25.5 Å². The Kier molecular flexibility index (Phi) is 2.91. The van der Waals surface area contributed by atoms with Crippen LogP contribution in [-0.2, 0) is 4.74 Å². The minimum absolute atomic E-state index is 0.192. The number of morpholine rings is 1. The molecule has 0 spiro atoms. The summed E-state index contributed by atoms with van der Waals surface area (Å²) < 4.78 is 5.37. The lowest BCUT2D eigenvalue weighted by molar-refractivity contribution is 0.0769. The van der Waals surface area contributed by atoms with E-state index in [9.17, 15) is 0 Å². The molecule has 0 bridgehead atoms. The maximum atomic E-state index is 6.09. The number of hydrogen-bond donors (Lipinski definition) is 2. The summed E-state index contributed by atoms with van der Waals surface area (Å²) in [7, 11) is 0. The Morgan fingerprint density at radius 3 is 3.00 bits per heavy atom. The molecule has 1 fully saturated rings. The highest BCUT2D eigenvalue weighted by Gasteiger charge is 2.17. The van der Waals surface area contributed by atoms with Gasteiger partial charge in [-0.25, -0.2) is 0 Å². The molecule has 1 aromatic carbocycles. The van der Waals surface area contributed by atoms with Crippen LogP contribution in [0, 0.1) is 0 Å². The van der Waals surface area contributed by atoms with Gasteiger partial charge in [0, 0.05) is 17.3 Å². The Labute approximate surface area is 88.2 Å². The summed E-state index contributed by atoms with van der Waals surface area (Å²) in [5.74, 6) is 0. The lowest BCUT2D eigenvalue weighted by Gasteiger charge is -2.24. The zero-order chi connectivity index (χ0) is 9.97. The highest BCUT2D eigenvalue weighted by molar-refractivity contribution is 6.31. The van der Waals surface area contributed by atoms with Gasteiger partial charge in [-0.15, -0.1) is 0 Å². The second-order valence-electron chi connectivity index (χ2n) is 3.36. The van der Waals surface area contributed by atoms with Gasteiger partial charge in [0.25, 0.3) is 0 Å². The van der Waals surface area contributed by atoms with Gasteiger partial charge in [-0.3, -0.25) is 0 Å². The van der Waals surface area contributed by atoms with Gasteiger partial charge in [-0.2, -0.15) is 0 Å². The second-order valence-corrected chi connectivity index (χ2v) is 3.77. The molecule has 1 atom stereocenters. The molecular weight excluding hydrogens is 200 g/mol. The first-order valence-electron chi connectivity index (χ1n) is 4.63. The molecule has 1 aromatic rings. The fraction of sp³-hybridized carbons (Fsp3) is 0.400. The Morgan fingerprint density at radius 1 is 1.50 bits per heavy atom. The van der Waals surface area contributed by atoms with Crippen molar-refractivity contribution >= 4 is 17.3 Å². The molecule has 0 aliphatic carbocycles. The van der Waals surface area contributed by atoms with Gasteiger partial charge >= 0.3 is 0 Å². The third-order valence-corrected chi connectivity index (χ3v) is 2.65. The summed E-state index contributed by atoms with van der Waals surface area (Å²) in [5, 5.41) is 4.05. The maximum Gasteiger partial charge on any atom is 0.0662 e. The van der Waals surface area contributed by atoms with Crippen LogP contribution in [0.4, 0.5) is 5.69 Å². The van der Waals surface area contributed by atoms with Crippen molar-refractivity contribution in [3.8, 4) is 0 Å². The van der Waals surface area contributed by atoms with Crippen LogP contribution in [0.3, 0.4) is 0 Å². The van der Waals surface area contributed by atoms with Crippen molar-refractivity contribution < 1.29 is 4.74 Å². The van der Waals surface area contributed by atoms with E-state index in [1.807, 2.05) is 12.1 Å². The number of nitrogens with two attached hydrogens (primary N) is 1. The lowest BCUT2D eigenvalue weighted by Crippen LogP contribution is -2.34. The van der Waals surface area contributed by atoms with Crippen LogP contribution in [0.5, 0.6) is 0 Å². The number of anilines is 1. The summed E-state index contributed by atoms with van der Waals surface area (Å²) in [4.78, 5) is 0. The largest absolute Gasteiger partial charge is 0.399 e. The number of benzene rings is 1. The standard InChI is InChI=1S/C10H13ClN2O/c11-9-5-7(12)1-2-8(9)10-6-14-4-3-13-10/h1-2,5,10,13H,3-4,6,12H2/t10-/m0/s1. The Hall–Kier alpha value is -0.770. The van der Waals surface area contributed by atoms with Gasteiger partial charge in [-0.05, 0) is 17.7 Å². The van der Waals surface area contributed by atoms with E-state index in [2.05, 4.69) is 5.32 Å². The normalized spacial score (nSPS) is 22.2. The molecule has 0 unspecified atom stereocenters. The van der Waals surface area contributed by atoms with Crippen LogP contribution in [0.1, 0.15) is 11.6 Å². The van der Waals surface area contributed by atoms with E-state index in [1.165, 1.54) is 0 Å². The SMILES string of the molecule is Nc1ccc([C@@H]2COCCN2)c(Cl)c1. The monoisotopic (exact) mass is 212 g/mol. The molecule has 3 N–H and O–H groups in total. The van der Waals surface area contributed by atoms with Crippen LogP contribution in [0.25, 0.3) is 0 Å². The highest BCUT2D eigenvalue weighted by atomic mass is 35.5. The predicted molar refractivity (Wildman–Crippen MR) is 57.4 cm³/mol. The minimum Gasteiger partial charge on any atom is -0.399 e. The summed E-state index contributed by atoms with van der Waals surface area (Å²) in [5.41, 5.74) is 7.37. The lowest BCUT2D eigenvalue weighted by atomic mass is 10.1. The summed E-state index contributed by atoms with van der Waals surface area (Å²) in [6.45, 7) is 2.30. The summed E-state index contributed by atoms with van der Waals surface area (Å²) >= 11 is 6.09. The number of hydrogen-bond acceptors (Lipinski definition) is 3. The molecule has 3 nitrogen and oxygen atoms in total. The predicted octanol–water partition coefficient (Wildman–Crippen LogP) is 1.58. The van der Waals surface area contributed by atoms with Crippen LogP contribution < -0.4 is 11.1 Å². The average Bonchev–Trinajstić information content (AvgIpc) is 2.19. The molecule has 0 saturated carbocycles. The molecule has 0 aromatic heterocycles. The van der Waals surface area contributed by atoms with E-state index in [0.717, 1.165) is 18.7 Å². The van der Waals surface area contributed by atoms with Gasteiger partial charge in [0.2, 0.25) is 0 Å². The van der Waals surface area contributed by atoms with Crippen molar-refractivity contribution in [2.45, 2.75) is 6.04 Å². The fourth-order valence-electron chi connectivity index (χ4n) is 1.59. The molecule has 0 amide bonds. The molecule has 1 aliphatic rings. The molecule has 0 radical (unpaired) electrons. The van der Waals surface area contributed by atoms with Gasteiger partial charge in [0.05, 0.1) is 19.3 Å². The van der Waals surface area contributed by atoms with Crippen molar-refractivity contribution in [2.24, 2.45) is 0 Å². The van der Waals surface area contributed by atoms with Gasteiger partial charge < -0.3 is 15.8 Å². The van der Waals surface area contributed by atoms with E-state index in [1.54, 1.807) is 6.07 Å². The van der Waals surface area contributed by atoms with Gasteiger partial charge in [0.15, 0.2) is 0 Å². The summed E-state index contributed by atoms with van der Waals surface area (Å²) in [6.07, 6.45) is 0. The number of nitrogens with one attached hydrogen (secondary N) is 1. The topological polar surface area (TPSA) is 47.3 Å².